The Labute approximate surface area is 326 Å². The van der Waals surface area contributed by atoms with Crippen LogP contribution in [0.2, 0.25) is 0 Å². The quantitative estimate of drug-likeness (QED) is 0.207. The fourth-order valence-electron chi connectivity index (χ4n) is 12.3. The average molecular weight is 687 g/mol. The molecule has 4 aromatic carbocycles. The highest BCUT2D eigenvalue weighted by Crippen LogP contribution is 2.70. The monoisotopic (exact) mass is 687 g/mol. The Balaban J connectivity index is 1.50. The first-order chi connectivity index (χ1) is 29.6. The van der Waals surface area contributed by atoms with Gasteiger partial charge in [0, 0.05) is 11.0 Å². The molecule has 0 saturated heterocycles. The number of fused-ring (bicyclic) bond motifs is 5. The summed E-state index contributed by atoms with van der Waals surface area (Å²) in [6.45, 7) is 16.3. The van der Waals surface area contributed by atoms with Crippen LogP contribution in [0.25, 0.3) is 11.1 Å². The Morgan fingerprint density at radius 3 is 1.43 bits per heavy atom. The van der Waals surface area contributed by atoms with Crippen LogP contribution >= 0.6 is 0 Å². The van der Waals surface area contributed by atoms with Crippen LogP contribution in [0.3, 0.4) is 0 Å². The first-order valence-electron chi connectivity index (χ1n) is 26.0. The molecule has 0 amide bonds. The molecule has 1 nitrogen and oxygen atoms in total. The maximum Gasteiger partial charge on any atom is 0.0645 e. The summed E-state index contributed by atoms with van der Waals surface area (Å²) in [5, 5.41) is 0. The van der Waals surface area contributed by atoms with E-state index < -0.39 is 45.2 Å². The zero-order valence-electron chi connectivity index (χ0n) is 44.6. The van der Waals surface area contributed by atoms with Gasteiger partial charge in [0.25, 0.3) is 0 Å². The minimum Gasteiger partial charge on any atom is -0.309 e. The van der Waals surface area contributed by atoms with Gasteiger partial charge in [-0.25, -0.2) is 0 Å². The molecular weight excluding hydrogens is 615 g/mol. The van der Waals surface area contributed by atoms with Gasteiger partial charge < -0.3 is 4.90 Å². The van der Waals surface area contributed by atoms with Crippen LogP contribution in [0, 0.1) is 23.7 Å². The SMILES string of the molecule is [2H]c1c([2H])c([2H])c2c(c1[2H])-c1c(N(c3c([2H])c([2H])c([2H])c4c3C(C)(C)CCC4(C)C)c3c([2H])c([2H])c([2H])c4c3C(C)(C)CCC4(C)C)c([2H])c([2H])c([2H])c1C21C2CC3CC(C2)CC1C3. The van der Waals surface area contributed by atoms with Gasteiger partial charge in [-0.2, -0.15) is 0 Å². The molecule has 51 heavy (non-hydrogen) atoms. The summed E-state index contributed by atoms with van der Waals surface area (Å²) in [5.74, 6) is 0.702. The lowest BCUT2D eigenvalue weighted by atomic mass is 9.43. The fourth-order valence-corrected chi connectivity index (χ4v) is 12.3. The Hall–Kier alpha value is -3.32. The van der Waals surface area contributed by atoms with Crippen LogP contribution < -0.4 is 4.90 Å². The largest absolute Gasteiger partial charge is 0.309 e. The third kappa shape index (κ3) is 4.27. The summed E-state index contributed by atoms with van der Waals surface area (Å²) in [4.78, 5) is 1.64. The zero-order chi connectivity index (χ0) is 46.6. The van der Waals surface area contributed by atoms with E-state index in [9.17, 15) is 16.4 Å². The molecule has 0 N–H and O–H groups in total. The summed E-state index contributed by atoms with van der Waals surface area (Å²) in [6, 6.07) is -3.86. The van der Waals surface area contributed by atoms with Crippen molar-refractivity contribution in [1.29, 1.82) is 0 Å². The number of benzene rings is 4. The van der Waals surface area contributed by atoms with E-state index in [1.165, 1.54) is 0 Å². The van der Waals surface area contributed by atoms with Crippen molar-refractivity contribution in [2.75, 3.05) is 4.90 Å². The first kappa shape index (κ1) is 21.4. The first-order valence-corrected chi connectivity index (χ1v) is 19.5. The number of anilines is 3. The molecular formula is C50H59N. The Kier molecular flexibility index (Phi) is 4.37. The highest BCUT2D eigenvalue weighted by molar-refractivity contribution is 5.97. The lowest BCUT2D eigenvalue weighted by Crippen LogP contribution is -2.55. The lowest BCUT2D eigenvalue weighted by Gasteiger charge is -2.61. The predicted octanol–water partition coefficient (Wildman–Crippen LogP) is 13.6. The highest BCUT2D eigenvalue weighted by Gasteiger charge is 2.62. The molecule has 0 aromatic heterocycles. The molecule has 4 saturated carbocycles. The average Bonchev–Trinajstić information content (AvgIpc) is 3.53. The van der Waals surface area contributed by atoms with Gasteiger partial charge in [-0.05, 0) is 160 Å². The van der Waals surface area contributed by atoms with E-state index in [1.807, 2.05) is 55.4 Å². The van der Waals surface area contributed by atoms with E-state index in [0.29, 0.717) is 70.9 Å². The van der Waals surface area contributed by atoms with Crippen molar-refractivity contribution in [3.8, 4) is 11.1 Å². The maximum atomic E-state index is 10.2. The molecule has 0 unspecified atom stereocenters. The Morgan fingerprint density at radius 1 is 0.471 bits per heavy atom. The van der Waals surface area contributed by atoms with Gasteiger partial charge in [0.05, 0.1) is 34.9 Å². The lowest BCUT2D eigenvalue weighted by molar-refractivity contribution is -0.0399. The fraction of sp³-hybridized carbons (Fsp3) is 0.520. The second-order valence-electron chi connectivity index (χ2n) is 19.7. The van der Waals surface area contributed by atoms with Crippen LogP contribution in [0.4, 0.5) is 17.1 Å². The number of hydrogen-bond acceptors (Lipinski definition) is 1. The van der Waals surface area contributed by atoms with Crippen molar-refractivity contribution in [3.63, 3.8) is 0 Å². The van der Waals surface area contributed by atoms with E-state index in [0.717, 1.165) is 32.1 Å². The third-order valence-corrected chi connectivity index (χ3v) is 14.9. The van der Waals surface area contributed by atoms with Crippen molar-refractivity contribution >= 4 is 17.1 Å². The van der Waals surface area contributed by atoms with Crippen molar-refractivity contribution < 1.29 is 17.8 Å². The standard InChI is InChI=1S/C50H59N/c1-46(2)22-24-48(5,6)44-38(46)17-12-20-41(44)51(42-21-13-18-39-45(42)49(7,8)25-23-47(39,3)4)40-19-11-16-37-43(40)35-14-9-10-15-36(35)50(37)33-27-31-26-32(29-33)30-34(50)28-31/h9-21,31-34H,22-30H2,1-8H3/i9D,10D,11D,12D,13D,14D,15D,16D,17D,18D,19D,20D,21D. The van der Waals surface area contributed by atoms with Crippen molar-refractivity contribution in [3.05, 3.63) is 112 Å². The summed E-state index contributed by atoms with van der Waals surface area (Å²) in [7, 11) is 0. The van der Waals surface area contributed by atoms with Gasteiger partial charge >= 0.3 is 0 Å². The van der Waals surface area contributed by atoms with Gasteiger partial charge in [0.1, 0.15) is 0 Å². The summed E-state index contributed by atoms with van der Waals surface area (Å²) < 4.78 is 126. The molecule has 0 radical (unpaired) electrons. The maximum absolute atomic E-state index is 10.2. The van der Waals surface area contributed by atoms with Gasteiger partial charge in [0.2, 0.25) is 0 Å². The minimum absolute atomic E-state index is 0.00742. The molecule has 4 aromatic rings. The number of rotatable bonds is 3. The van der Waals surface area contributed by atoms with Crippen LogP contribution in [0.15, 0.2) is 78.6 Å². The molecule has 264 valence electrons. The zero-order valence-corrected chi connectivity index (χ0v) is 31.6. The molecule has 0 aliphatic heterocycles. The van der Waals surface area contributed by atoms with E-state index in [2.05, 4.69) is 0 Å². The summed E-state index contributed by atoms with van der Waals surface area (Å²) in [5.41, 5.74) is 0.0000533. The molecule has 7 aliphatic carbocycles. The van der Waals surface area contributed by atoms with E-state index in [1.54, 1.807) is 4.90 Å². The molecule has 4 bridgehead atoms. The van der Waals surface area contributed by atoms with Gasteiger partial charge in [-0.1, -0.05) is 116 Å². The van der Waals surface area contributed by atoms with Crippen LogP contribution in [0.5, 0.6) is 0 Å². The second kappa shape index (κ2) is 10.4. The second-order valence-corrected chi connectivity index (χ2v) is 19.7. The smallest absolute Gasteiger partial charge is 0.0645 e. The van der Waals surface area contributed by atoms with E-state index >= 15 is 0 Å². The van der Waals surface area contributed by atoms with Crippen molar-refractivity contribution in [2.24, 2.45) is 23.7 Å². The van der Waals surface area contributed by atoms with Crippen molar-refractivity contribution in [2.45, 2.75) is 140 Å². The molecule has 0 atom stereocenters. The number of hydrogen-bond donors (Lipinski definition) is 0. The van der Waals surface area contributed by atoms with Crippen LogP contribution in [-0.2, 0) is 27.1 Å². The molecule has 1 heteroatoms. The number of nitrogens with zero attached hydrogens (tertiary/aromatic N) is 1. The van der Waals surface area contributed by atoms with E-state index in [4.69, 9.17) is 1.37 Å². The topological polar surface area (TPSA) is 3.24 Å². The Morgan fingerprint density at radius 2 is 0.902 bits per heavy atom. The van der Waals surface area contributed by atoms with E-state index in [-0.39, 0.29) is 100 Å². The van der Waals surface area contributed by atoms with Crippen molar-refractivity contribution in [1.82, 2.24) is 0 Å². The van der Waals surface area contributed by atoms with Gasteiger partial charge in [0.15, 0.2) is 0 Å². The summed E-state index contributed by atoms with van der Waals surface area (Å²) >= 11 is 0. The van der Waals surface area contributed by atoms with Gasteiger partial charge in [-0.15, -0.1) is 0 Å². The normalized spacial score (nSPS) is 34.3. The van der Waals surface area contributed by atoms with Crippen LogP contribution in [0.1, 0.15) is 164 Å². The molecule has 0 heterocycles. The van der Waals surface area contributed by atoms with Gasteiger partial charge in [-0.3, -0.25) is 0 Å². The molecule has 1 spiro atoms. The molecule has 11 rings (SSSR count). The predicted molar refractivity (Wildman–Crippen MR) is 215 cm³/mol. The minimum atomic E-state index is -1.07. The molecule has 7 aliphatic rings. The summed E-state index contributed by atoms with van der Waals surface area (Å²) in [6.07, 6.45) is 6.98. The Bertz CT molecular complexity index is 2670. The molecule has 4 fully saturated rings. The highest BCUT2D eigenvalue weighted by atomic mass is 15.2. The third-order valence-electron chi connectivity index (χ3n) is 14.9. The van der Waals surface area contributed by atoms with Crippen LogP contribution in [-0.4, -0.2) is 0 Å².